The van der Waals surface area contributed by atoms with Crippen molar-refractivity contribution in [2.75, 3.05) is 19.8 Å². The zero-order chi connectivity index (χ0) is 19.8. The molecule has 2 aromatic rings. The summed E-state index contributed by atoms with van der Waals surface area (Å²) in [5, 5.41) is 2.87. The van der Waals surface area contributed by atoms with E-state index in [0.29, 0.717) is 43.7 Å². The number of imidazole rings is 1. The predicted molar refractivity (Wildman–Crippen MR) is 103 cm³/mol. The number of nitrogens with zero attached hydrogens (tertiary/aromatic N) is 4. The molecule has 9 heteroatoms. The van der Waals surface area contributed by atoms with Crippen molar-refractivity contribution in [3.63, 3.8) is 0 Å². The van der Waals surface area contributed by atoms with Crippen LogP contribution < -0.4 is 16.6 Å². The van der Waals surface area contributed by atoms with Gasteiger partial charge in [-0.2, -0.15) is 0 Å². The summed E-state index contributed by atoms with van der Waals surface area (Å²) in [6.07, 6.45) is 5.46. The number of hydrogen-bond acceptors (Lipinski definition) is 5. The van der Waals surface area contributed by atoms with E-state index in [2.05, 4.69) is 17.2 Å². The first kappa shape index (κ1) is 20.9. The van der Waals surface area contributed by atoms with Crippen LogP contribution in [-0.4, -0.2) is 44.4 Å². The van der Waals surface area contributed by atoms with Gasteiger partial charge in [0.25, 0.3) is 5.56 Å². The Labute approximate surface area is 158 Å². The van der Waals surface area contributed by atoms with Crippen LogP contribution in [0, 0.1) is 0 Å². The number of ether oxygens (including phenoxy) is 1. The van der Waals surface area contributed by atoms with Crippen LogP contribution in [0.1, 0.15) is 39.0 Å². The van der Waals surface area contributed by atoms with Crippen molar-refractivity contribution in [2.45, 2.75) is 45.6 Å². The van der Waals surface area contributed by atoms with Crippen LogP contribution in [0.25, 0.3) is 11.2 Å². The molecule has 0 saturated carbocycles. The minimum absolute atomic E-state index is 0.0201. The summed E-state index contributed by atoms with van der Waals surface area (Å²) in [7, 11) is 3.03. The minimum Gasteiger partial charge on any atom is -0.381 e. The second-order valence-corrected chi connectivity index (χ2v) is 6.59. The third-order valence-electron chi connectivity index (χ3n) is 4.45. The molecule has 0 spiro atoms. The summed E-state index contributed by atoms with van der Waals surface area (Å²) in [4.78, 5) is 40.3. The van der Waals surface area contributed by atoms with Crippen molar-refractivity contribution in [3.05, 3.63) is 27.2 Å². The van der Waals surface area contributed by atoms with Gasteiger partial charge in [-0.05, 0) is 19.3 Å². The SMILES string of the molecule is CCCCOCCCNC(=O)CCCn1cnc2c1c(=O)n(C)c(=O)n2C. The minimum atomic E-state index is -0.407. The molecule has 0 aliphatic carbocycles. The molecular formula is C18H29N5O4. The zero-order valence-corrected chi connectivity index (χ0v) is 16.4. The number of nitrogens with one attached hydrogen (secondary N) is 1. The molecule has 0 aliphatic heterocycles. The first-order chi connectivity index (χ1) is 13.0. The van der Waals surface area contributed by atoms with E-state index in [1.165, 1.54) is 17.9 Å². The van der Waals surface area contributed by atoms with Gasteiger partial charge >= 0.3 is 5.69 Å². The standard InChI is InChI=1S/C18H29N5O4/c1-4-5-11-27-12-7-9-19-14(24)8-6-10-23-13-20-16-15(23)17(25)22(3)18(26)21(16)2/h13H,4-12H2,1-3H3,(H,19,24). The van der Waals surface area contributed by atoms with Crippen LogP contribution in [0.4, 0.5) is 0 Å². The topological polar surface area (TPSA) is 100 Å². The van der Waals surface area contributed by atoms with Gasteiger partial charge in [0.05, 0.1) is 6.33 Å². The third kappa shape index (κ3) is 5.29. The average molecular weight is 379 g/mol. The van der Waals surface area contributed by atoms with Gasteiger partial charge in [-0.1, -0.05) is 13.3 Å². The van der Waals surface area contributed by atoms with Crippen LogP contribution in [0.3, 0.4) is 0 Å². The molecule has 9 nitrogen and oxygen atoms in total. The third-order valence-corrected chi connectivity index (χ3v) is 4.45. The summed E-state index contributed by atoms with van der Waals surface area (Å²) in [5.74, 6) is -0.0201. The van der Waals surface area contributed by atoms with E-state index in [9.17, 15) is 14.4 Å². The summed E-state index contributed by atoms with van der Waals surface area (Å²) in [5.41, 5.74) is -0.0474. The van der Waals surface area contributed by atoms with Gasteiger partial charge in [-0.25, -0.2) is 9.78 Å². The molecule has 1 N–H and O–H groups in total. The fourth-order valence-electron chi connectivity index (χ4n) is 2.82. The van der Waals surface area contributed by atoms with Crippen molar-refractivity contribution < 1.29 is 9.53 Å². The van der Waals surface area contributed by atoms with E-state index in [-0.39, 0.29) is 11.5 Å². The van der Waals surface area contributed by atoms with Gasteiger partial charge in [-0.15, -0.1) is 0 Å². The average Bonchev–Trinajstić information content (AvgIpc) is 3.08. The Morgan fingerprint density at radius 1 is 1.15 bits per heavy atom. The zero-order valence-electron chi connectivity index (χ0n) is 16.4. The molecule has 150 valence electrons. The van der Waals surface area contributed by atoms with Crippen LogP contribution in [0.15, 0.2) is 15.9 Å². The molecule has 0 aliphatic rings. The number of rotatable bonds is 11. The maximum atomic E-state index is 12.3. The van der Waals surface area contributed by atoms with Crippen LogP contribution in [-0.2, 0) is 30.2 Å². The molecule has 0 fully saturated rings. The molecule has 1 amide bonds. The van der Waals surface area contributed by atoms with E-state index in [0.717, 1.165) is 30.4 Å². The predicted octanol–water partition coefficient (Wildman–Crippen LogP) is 0.537. The number of carbonyl (C=O) groups excluding carboxylic acids is 1. The molecule has 0 unspecified atom stereocenters. The fraction of sp³-hybridized carbons (Fsp3) is 0.667. The largest absolute Gasteiger partial charge is 0.381 e. The van der Waals surface area contributed by atoms with Gasteiger partial charge < -0.3 is 14.6 Å². The van der Waals surface area contributed by atoms with Crippen LogP contribution in [0.2, 0.25) is 0 Å². The summed E-state index contributed by atoms with van der Waals surface area (Å²) >= 11 is 0. The molecule has 2 heterocycles. The highest BCUT2D eigenvalue weighted by Gasteiger charge is 2.14. The summed E-state index contributed by atoms with van der Waals surface area (Å²) in [6.45, 7) is 4.63. The normalized spacial score (nSPS) is 11.2. The Kier molecular flexibility index (Phi) is 7.78. The van der Waals surface area contributed by atoms with Gasteiger partial charge in [0.1, 0.15) is 0 Å². The van der Waals surface area contributed by atoms with Crippen molar-refractivity contribution in [2.24, 2.45) is 14.1 Å². The monoisotopic (exact) mass is 379 g/mol. The Morgan fingerprint density at radius 3 is 2.63 bits per heavy atom. The Balaban J connectivity index is 1.80. The fourth-order valence-corrected chi connectivity index (χ4v) is 2.82. The molecular weight excluding hydrogens is 350 g/mol. The van der Waals surface area contributed by atoms with E-state index in [1.807, 2.05) is 0 Å². The Hall–Kier alpha value is -2.42. The first-order valence-electron chi connectivity index (χ1n) is 9.42. The van der Waals surface area contributed by atoms with Crippen molar-refractivity contribution in [3.8, 4) is 0 Å². The van der Waals surface area contributed by atoms with Gasteiger partial charge in [0, 0.05) is 46.8 Å². The maximum Gasteiger partial charge on any atom is 0.332 e. The number of carbonyl (C=O) groups is 1. The van der Waals surface area contributed by atoms with Crippen molar-refractivity contribution in [1.29, 1.82) is 0 Å². The molecule has 0 radical (unpaired) electrons. The number of fused-ring (bicyclic) bond motifs is 1. The lowest BCUT2D eigenvalue weighted by molar-refractivity contribution is -0.121. The highest BCUT2D eigenvalue weighted by atomic mass is 16.5. The quantitative estimate of drug-likeness (QED) is 0.574. The highest BCUT2D eigenvalue weighted by molar-refractivity contribution is 5.75. The summed E-state index contributed by atoms with van der Waals surface area (Å²) < 4.78 is 9.56. The van der Waals surface area contributed by atoms with E-state index in [4.69, 9.17) is 4.74 Å². The molecule has 2 aromatic heterocycles. The smallest absolute Gasteiger partial charge is 0.332 e. The van der Waals surface area contributed by atoms with Crippen LogP contribution >= 0.6 is 0 Å². The second kappa shape index (κ2) is 10.1. The maximum absolute atomic E-state index is 12.3. The molecule has 0 bridgehead atoms. The lowest BCUT2D eigenvalue weighted by atomic mass is 10.3. The Bertz CT molecular complexity index is 880. The van der Waals surface area contributed by atoms with Gasteiger partial charge in [-0.3, -0.25) is 18.7 Å². The molecule has 2 rings (SSSR count). The van der Waals surface area contributed by atoms with Crippen molar-refractivity contribution >= 4 is 17.1 Å². The molecule has 0 aromatic carbocycles. The van der Waals surface area contributed by atoms with Gasteiger partial charge in [0.15, 0.2) is 11.2 Å². The lowest BCUT2D eigenvalue weighted by Crippen LogP contribution is -2.37. The number of amides is 1. The molecule has 27 heavy (non-hydrogen) atoms. The van der Waals surface area contributed by atoms with Crippen molar-refractivity contribution in [1.82, 2.24) is 24.0 Å². The second-order valence-electron chi connectivity index (χ2n) is 6.59. The highest BCUT2D eigenvalue weighted by Crippen LogP contribution is 2.07. The van der Waals surface area contributed by atoms with E-state index >= 15 is 0 Å². The summed E-state index contributed by atoms with van der Waals surface area (Å²) in [6, 6.07) is 0. The first-order valence-corrected chi connectivity index (χ1v) is 9.42. The number of aryl methyl sites for hydroxylation is 2. The van der Waals surface area contributed by atoms with E-state index < -0.39 is 5.69 Å². The number of unbranched alkanes of at least 4 members (excludes halogenated alkanes) is 1. The Morgan fingerprint density at radius 2 is 1.89 bits per heavy atom. The van der Waals surface area contributed by atoms with Gasteiger partial charge in [0.2, 0.25) is 5.91 Å². The molecule has 0 saturated heterocycles. The lowest BCUT2D eigenvalue weighted by Gasteiger charge is -2.08. The number of aromatic nitrogens is 4. The van der Waals surface area contributed by atoms with E-state index in [1.54, 1.807) is 11.6 Å². The van der Waals surface area contributed by atoms with Crippen LogP contribution in [0.5, 0.6) is 0 Å². The molecule has 0 atom stereocenters. The number of hydrogen-bond donors (Lipinski definition) is 1.